The van der Waals surface area contributed by atoms with E-state index in [1.54, 1.807) is 0 Å². The lowest BCUT2D eigenvalue weighted by atomic mass is 9.92. The molecular formula is C18H22N2O. The Bertz CT molecular complexity index is 652. The van der Waals surface area contributed by atoms with Crippen LogP contribution < -0.4 is 15.8 Å². The highest BCUT2D eigenvalue weighted by Crippen LogP contribution is 2.41. The van der Waals surface area contributed by atoms with Crippen LogP contribution in [0.1, 0.15) is 18.1 Å². The predicted octanol–water partition coefficient (Wildman–Crippen LogP) is 3.36. The second-order valence-corrected chi connectivity index (χ2v) is 5.50. The molecule has 1 heterocycles. The number of fused-ring (bicyclic) bond motifs is 1. The number of nitrogens with one attached hydrogen (secondary N) is 1. The fraction of sp³-hybridized carbons (Fsp3) is 0.333. The largest absolute Gasteiger partial charge is 0.484 e. The molecule has 0 aromatic heterocycles. The van der Waals surface area contributed by atoms with Gasteiger partial charge in [-0.25, -0.2) is 0 Å². The van der Waals surface area contributed by atoms with Crippen molar-refractivity contribution in [2.24, 2.45) is 5.73 Å². The maximum atomic E-state index is 6.13. The van der Waals surface area contributed by atoms with Crippen molar-refractivity contribution in [1.29, 1.82) is 0 Å². The second-order valence-electron chi connectivity index (χ2n) is 5.50. The van der Waals surface area contributed by atoms with Gasteiger partial charge in [0.25, 0.3) is 0 Å². The Morgan fingerprint density at radius 3 is 2.81 bits per heavy atom. The zero-order chi connectivity index (χ0) is 14.8. The Kier molecular flexibility index (Phi) is 3.84. The van der Waals surface area contributed by atoms with Crippen molar-refractivity contribution in [2.75, 3.05) is 18.4 Å². The molecule has 0 saturated heterocycles. The van der Waals surface area contributed by atoms with Crippen molar-refractivity contribution in [3.8, 4) is 16.9 Å². The molecule has 1 aliphatic rings. The monoisotopic (exact) mass is 282 g/mol. The molecule has 0 radical (unpaired) electrons. The van der Waals surface area contributed by atoms with Gasteiger partial charge in [0.1, 0.15) is 6.10 Å². The van der Waals surface area contributed by atoms with E-state index < -0.39 is 0 Å². The molecule has 2 aromatic carbocycles. The van der Waals surface area contributed by atoms with E-state index in [-0.39, 0.29) is 6.10 Å². The Hall–Kier alpha value is -2.00. The summed E-state index contributed by atoms with van der Waals surface area (Å²) in [5, 5.41) is 3.43. The molecule has 3 nitrogen and oxygen atoms in total. The van der Waals surface area contributed by atoms with E-state index in [2.05, 4.69) is 55.6 Å². The van der Waals surface area contributed by atoms with Crippen LogP contribution in [0.4, 0.5) is 5.69 Å². The van der Waals surface area contributed by atoms with Crippen LogP contribution in [0.25, 0.3) is 11.1 Å². The lowest BCUT2D eigenvalue weighted by Crippen LogP contribution is -2.37. The molecular weight excluding hydrogens is 260 g/mol. The maximum Gasteiger partial charge on any atom is 0.150 e. The molecule has 0 fully saturated rings. The number of hydrogen-bond acceptors (Lipinski definition) is 3. The lowest BCUT2D eigenvalue weighted by molar-refractivity contribution is 0.215. The molecule has 0 spiro atoms. The molecule has 0 unspecified atom stereocenters. The van der Waals surface area contributed by atoms with Crippen molar-refractivity contribution in [3.63, 3.8) is 0 Å². The SMILES string of the molecule is CCc1cccc(C)c1-c1cccc2c1O[C@H](CN)CN2. The van der Waals surface area contributed by atoms with Gasteiger partial charge in [0, 0.05) is 12.1 Å². The van der Waals surface area contributed by atoms with E-state index in [1.807, 2.05) is 0 Å². The third-order valence-electron chi connectivity index (χ3n) is 4.09. The number of para-hydroxylation sites is 1. The van der Waals surface area contributed by atoms with E-state index in [9.17, 15) is 0 Å². The van der Waals surface area contributed by atoms with Crippen molar-refractivity contribution in [2.45, 2.75) is 26.4 Å². The molecule has 3 N–H and O–H groups in total. The molecule has 0 saturated carbocycles. The van der Waals surface area contributed by atoms with Gasteiger partial charge in [-0.05, 0) is 36.1 Å². The van der Waals surface area contributed by atoms with Gasteiger partial charge in [0.15, 0.2) is 5.75 Å². The zero-order valence-electron chi connectivity index (χ0n) is 12.6. The molecule has 0 amide bonds. The number of rotatable bonds is 3. The topological polar surface area (TPSA) is 47.3 Å². The van der Waals surface area contributed by atoms with E-state index in [1.165, 1.54) is 16.7 Å². The van der Waals surface area contributed by atoms with Crippen molar-refractivity contribution in [3.05, 3.63) is 47.5 Å². The molecule has 3 heteroatoms. The van der Waals surface area contributed by atoms with Crippen LogP contribution in [-0.2, 0) is 6.42 Å². The van der Waals surface area contributed by atoms with Gasteiger partial charge < -0.3 is 15.8 Å². The summed E-state index contributed by atoms with van der Waals surface area (Å²) in [4.78, 5) is 0. The lowest BCUT2D eigenvalue weighted by Gasteiger charge is -2.29. The smallest absolute Gasteiger partial charge is 0.150 e. The van der Waals surface area contributed by atoms with Crippen LogP contribution >= 0.6 is 0 Å². The molecule has 0 aliphatic carbocycles. The summed E-state index contributed by atoms with van der Waals surface area (Å²) in [7, 11) is 0. The summed E-state index contributed by atoms with van der Waals surface area (Å²) in [6.45, 7) is 5.64. The van der Waals surface area contributed by atoms with E-state index in [0.717, 1.165) is 30.0 Å². The molecule has 1 aliphatic heterocycles. The van der Waals surface area contributed by atoms with Gasteiger partial charge in [0.05, 0.1) is 12.2 Å². The summed E-state index contributed by atoms with van der Waals surface area (Å²) in [6.07, 6.45) is 1.04. The molecule has 1 atom stereocenters. The fourth-order valence-electron chi connectivity index (χ4n) is 2.97. The van der Waals surface area contributed by atoms with Gasteiger partial charge in [-0.1, -0.05) is 37.3 Å². The maximum absolute atomic E-state index is 6.13. The minimum Gasteiger partial charge on any atom is -0.484 e. The number of ether oxygens (including phenoxy) is 1. The standard InChI is InChI=1S/C18H22N2O/c1-3-13-7-4-6-12(2)17(13)15-8-5-9-16-18(15)21-14(10-19)11-20-16/h4-9,14,20H,3,10-11,19H2,1-2H3/t14-/m1/s1. The highest BCUT2D eigenvalue weighted by Gasteiger charge is 2.22. The molecule has 2 aromatic rings. The summed E-state index contributed by atoms with van der Waals surface area (Å²) in [6, 6.07) is 12.8. The van der Waals surface area contributed by atoms with Crippen LogP contribution in [-0.4, -0.2) is 19.2 Å². The minimum absolute atomic E-state index is 0.0349. The molecule has 21 heavy (non-hydrogen) atoms. The van der Waals surface area contributed by atoms with E-state index in [0.29, 0.717) is 6.54 Å². The third-order valence-corrected chi connectivity index (χ3v) is 4.09. The van der Waals surface area contributed by atoms with Crippen LogP contribution in [0, 0.1) is 6.92 Å². The van der Waals surface area contributed by atoms with Gasteiger partial charge in [0.2, 0.25) is 0 Å². The summed E-state index contributed by atoms with van der Waals surface area (Å²) in [5.74, 6) is 0.934. The van der Waals surface area contributed by atoms with Gasteiger partial charge in [-0.2, -0.15) is 0 Å². The zero-order valence-corrected chi connectivity index (χ0v) is 12.6. The first-order valence-corrected chi connectivity index (χ1v) is 7.57. The van der Waals surface area contributed by atoms with Gasteiger partial charge >= 0.3 is 0 Å². The minimum atomic E-state index is 0.0349. The first kappa shape index (κ1) is 14.0. The Balaban J connectivity index is 2.17. The molecule has 0 bridgehead atoms. The Morgan fingerprint density at radius 2 is 2.05 bits per heavy atom. The average molecular weight is 282 g/mol. The van der Waals surface area contributed by atoms with Crippen molar-refractivity contribution < 1.29 is 4.74 Å². The highest BCUT2D eigenvalue weighted by molar-refractivity contribution is 5.82. The fourth-order valence-corrected chi connectivity index (χ4v) is 2.97. The second kappa shape index (κ2) is 5.78. The quantitative estimate of drug-likeness (QED) is 0.907. The average Bonchev–Trinajstić information content (AvgIpc) is 2.53. The predicted molar refractivity (Wildman–Crippen MR) is 88.0 cm³/mol. The Labute approximate surface area is 126 Å². The van der Waals surface area contributed by atoms with Crippen molar-refractivity contribution in [1.82, 2.24) is 0 Å². The number of anilines is 1. The molecule has 110 valence electrons. The first-order valence-electron chi connectivity index (χ1n) is 7.57. The van der Waals surface area contributed by atoms with Crippen LogP contribution in [0.15, 0.2) is 36.4 Å². The van der Waals surface area contributed by atoms with E-state index in [4.69, 9.17) is 10.5 Å². The van der Waals surface area contributed by atoms with E-state index >= 15 is 0 Å². The highest BCUT2D eigenvalue weighted by atomic mass is 16.5. The Morgan fingerprint density at radius 1 is 1.24 bits per heavy atom. The summed E-state index contributed by atoms with van der Waals surface area (Å²) >= 11 is 0. The van der Waals surface area contributed by atoms with Crippen LogP contribution in [0.2, 0.25) is 0 Å². The third kappa shape index (κ3) is 2.49. The summed E-state index contributed by atoms with van der Waals surface area (Å²) < 4.78 is 6.13. The number of nitrogens with two attached hydrogens (primary N) is 1. The van der Waals surface area contributed by atoms with Gasteiger partial charge in [-0.3, -0.25) is 0 Å². The normalized spacial score (nSPS) is 16.8. The van der Waals surface area contributed by atoms with Crippen LogP contribution in [0.3, 0.4) is 0 Å². The molecule has 3 rings (SSSR count). The summed E-state index contributed by atoms with van der Waals surface area (Å²) in [5.41, 5.74) is 11.9. The first-order chi connectivity index (χ1) is 10.2. The number of benzene rings is 2. The van der Waals surface area contributed by atoms with Crippen LogP contribution in [0.5, 0.6) is 5.75 Å². The van der Waals surface area contributed by atoms with Crippen molar-refractivity contribution >= 4 is 5.69 Å². The number of aryl methyl sites for hydroxylation is 2. The van der Waals surface area contributed by atoms with Gasteiger partial charge in [-0.15, -0.1) is 0 Å². The number of hydrogen-bond donors (Lipinski definition) is 2.